The first-order valence-corrected chi connectivity index (χ1v) is 7.01. The summed E-state index contributed by atoms with van der Waals surface area (Å²) in [4.78, 5) is 4.39. The van der Waals surface area contributed by atoms with Crippen molar-refractivity contribution < 1.29 is 9.26 Å². The molecule has 2 N–H and O–H groups in total. The molecule has 1 heterocycles. The van der Waals surface area contributed by atoms with E-state index in [1.165, 1.54) is 0 Å². The van der Waals surface area contributed by atoms with Crippen LogP contribution in [0.1, 0.15) is 0 Å². The lowest BCUT2D eigenvalue weighted by atomic mass is 10.2. The van der Waals surface area contributed by atoms with E-state index in [1.54, 1.807) is 7.11 Å². The van der Waals surface area contributed by atoms with Gasteiger partial charge in [0.1, 0.15) is 5.75 Å². The molecule has 2 aromatic carbocycles. The third kappa shape index (κ3) is 2.62. The zero-order valence-corrected chi connectivity index (χ0v) is 12.8. The summed E-state index contributed by atoms with van der Waals surface area (Å²) in [6.07, 6.45) is 0. The zero-order valence-electron chi connectivity index (χ0n) is 11.2. The van der Waals surface area contributed by atoms with Crippen molar-refractivity contribution in [2.75, 3.05) is 12.8 Å². The first kappa shape index (κ1) is 13.6. The van der Waals surface area contributed by atoms with Crippen LogP contribution < -0.4 is 10.5 Å². The summed E-state index contributed by atoms with van der Waals surface area (Å²) in [5.74, 6) is 1.67. The Bertz CT molecular complexity index is 769. The van der Waals surface area contributed by atoms with Gasteiger partial charge in [0.2, 0.25) is 5.82 Å². The molecule has 0 bridgehead atoms. The number of ether oxygens (including phenoxy) is 1. The van der Waals surface area contributed by atoms with E-state index in [4.69, 9.17) is 15.0 Å². The molecule has 0 saturated heterocycles. The summed E-state index contributed by atoms with van der Waals surface area (Å²) in [7, 11) is 1.62. The van der Waals surface area contributed by atoms with Crippen molar-refractivity contribution >= 4 is 21.6 Å². The fourth-order valence-electron chi connectivity index (χ4n) is 1.91. The van der Waals surface area contributed by atoms with Gasteiger partial charge in [0.15, 0.2) is 0 Å². The summed E-state index contributed by atoms with van der Waals surface area (Å²) in [5.41, 5.74) is 8.13. The lowest BCUT2D eigenvalue weighted by Crippen LogP contribution is -1.91. The monoisotopic (exact) mass is 345 g/mol. The molecule has 0 unspecified atom stereocenters. The van der Waals surface area contributed by atoms with Gasteiger partial charge in [-0.25, -0.2) is 0 Å². The Morgan fingerprint density at radius 2 is 1.90 bits per heavy atom. The van der Waals surface area contributed by atoms with E-state index in [9.17, 15) is 0 Å². The van der Waals surface area contributed by atoms with E-state index >= 15 is 0 Å². The number of methoxy groups -OCH3 is 1. The van der Waals surface area contributed by atoms with Crippen LogP contribution >= 0.6 is 15.9 Å². The van der Waals surface area contributed by atoms with Gasteiger partial charge < -0.3 is 15.0 Å². The highest BCUT2D eigenvalue weighted by Crippen LogP contribution is 2.31. The number of nitrogen functional groups attached to an aromatic ring is 1. The van der Waals surface area contributed by atoms with E-state index in [2.05, 4.69) is 26.1 Å². The minimum absolute atomic E-state index is 0.389. The Hall–Kier alpha value is -2.34. The number of halogens is 1. The molecular formula is C15H12BrN3O2. The standard InChI is InChI=1S/C15H12BrN3O2/c1-20-10-7-5-9(6-8-10)14-18-15(21-19-14)11-3-2-4-12(16)13(11)17/h2-8H,17H2,1H3. The maximum Gasteiger partial charge on any atom is 0.260 e. The van der Waals surface area contributed by atoms with Gasteiger partial charge in [-0.2, -0.15) is 4.98 Å². The van der Waals surface area contributed by atoms with Crippen molar-refractivity contribution in [1.29, 1.82) is 0 Å². The van der Waals surface area contributed by atoms with Crippen LogP contribution in [-0.2, 0) is 0 Å². The van der Waals surface area contributed by atoms with Crippen LogP contribution in [0.25, 0.3) is 22.8 Å². The molecule has 6 heteroatoms. The van der Waals surface area contributed by atoms with Crippen LogP contribution in [0.15, 0.2) is 51.5 Å². The smallest absolute Gasteiger partial charge is 0.260 e. The van der Waals surface area contributed by atoms with Gasteiger partial charge in [0, 0.05) is 10.0 Å². The topological polar surface area (TPSA) is 74.2 Å². The Balaban J connectivity index is 1.97. The third-order valence-corrected chi connectivity index (χ3v) is 3.75. The number of hydrogen-bond donors (Lipinski definition) is 1. The largest absolute Gasteiger partial charge is 0.497 e. The van der Waals surface area contributed by atoms with Gasteiger partial charge in [-0.3, -0.25) is 0 Å². The summed E-state index contributed by atoms with van der Waals surface area (Å²) < 4.78 is 11.2. The van der Waals surface area contributed by atoms with E-state index in [1.807, 2.05) is 42.5 Å². The maximum atomic E-state index is 6.01. The second-order valence-electron chi connectivity index (χ2n) is 4.35. The molecule has 3 aromatic rings. The number of rotatable bonds is 3. The number of nitrogens with two attached hydrogens (primary N) is 1. The lowest BCUT2D eigenvalue weighted by Gasteiger charge is -2.02. The van der Waals surface area contributed by atoms with Gasteiger partial charge in [-0.1, -0.05) is 11.2 Å². The normalized spacial score (nSPS) is 10.6. The molecule has 3 rings (SSSR count). The SMILES string of the molecule is COc1ccc(-c2noc(-c3cccc(Br)c3N)n2)cc1. The molecule has 21 heavy (non-hydrogen) atoms. The van der Waals surface area contributed by atoms with E-state index in [0.29, 0.717) is 23.0 Å². The molecule has 0 aliphatic carbocycles. The lowest BCUT2D eigenvalue weighted by molar-refractivity contribution is 0.415. The van der Waals surface area contributed by atoms with Crippen molar-refractivity contribution in [2.45, 2.75) is 0 Å². The second kappa shape index (κ2) is 5.57. The first-order valence-electron chi connectivity index (χ1n) is 6.21. The fourth-order valence-corrected chi connectivity index (χ4v) is 2.28. The Morgan fingerprint density at radius 3 is 2.62 bits per heavy atom. The molecule has 0 aliphatic heterocycles. The van der Waals surface area contributed by atoms with Crippen LogP contribution in [0.3, 0.4) is 0 Å². The van der Waals surface area contributed by atoms with Gasteiger partial charge in [-0.15, -0.1) is 0 Å². The van der Waals surface area contributed by atoms with E-state index < -0.39 is 0 Å². The summed E-state index contributed by atoms with van der Waals surface area (Å²) in [6, 6.07) is 13.0. The number of nitrogens with zero attached hydrogens (tertiary/aromatic N) is 2. The first-order chi connectivity index (χ1) is 10.2. The molecule has 0 spiro atoms. The van der Waals surface area contributed by atoms with Gasteiger partial charge >= 0.3 is 0 Å². The zero-order chi connectivity index (χ0) is 14.8. The van der Waals surface area contributed by atoms with Crippen LogP contribution in [0.2, 0.25) is 0 Å². The summed E-state index contributed by atoms with van der Waals surface area (Å²) in [6.45, 7) is 0. The van der Waals surface area contributed by atoms with Crippen LogP contribution in [0.4, 0.5) is 5.69 Å². The molecule has 1 aromatic heterocycles. The molecule has 0 fully saturated rings. The molecule has 0 radical (unpaired) electrons. The molecule has 0 atom stereocenters. The second-order valence-corrected chi connectivity index (χ2v) is 5.21. The van der Waals surface area contributed by atoms with Gasteiger partial charge in [0.05, 0.1) is 18.4 Å². The number of hydrogen-bond acceptors (Lipinski definition) is 5. The highest BCUT2D eigenvalue weighted by molar-refractivity contribution is 9.10. The minimum atomic E-state index is 0.389. The summed E-state index contributed by atoms with van der Waals surface area (Å²) in [5, 5.41) is 3.99. The quantitative estimate of drug-likeness (QED) is 0.731. The molecule has 106 valence electrons. The van der Waals surface area contributed by atoms with E-state index in [-0.39, 0.29) is 0 Å². The predicted molar refractivity (Wildman–Crippen MR) is 83.8 cm³/mol. The average Bonchev–Trinajstić information content (AvgIpc) is 3.00. The van der Waals surface area contributed by atoms with Crippen molar-refractivity contribution in [3.63, 3.8) is 0 Å². The van der Waals surface area contributed by atoms with Crippen LogP contribution in [0, 0.1) is 0 Å². The third-order valence-electron chi connectivity index (χ3n) is 3.06. The number of anilines is 1. The molecule has 5 nitrogen and oxygen atoms in total. The maximum absolute atomic E-state index is 6.01. The van der Waals surface area contributed by atoms with Crippen LogP contribution in [-0.4, -0.2) is 17.3 Å². The van der Waals surface area contributed by atoms with Crippen molar-refractivity contribution in [3.8, 4) is 28.6 Å². The Morgan fingerprint density at radius 1 is 1.14 bits per heavy atom. The van der Waals surface area contributed by atoms with E-state index in [0.717, 1.165) is 15.8 Å². The van der Waals surface area contributed by atoms with Crippen molar-refractivity contribution in [2.24, 2.45) is 0 Å². The Labute approximate surface area is 129 Å². The minimum Gasteiger partial charge on any atom is -0.497 e. The Kier molecular flexibility index (Phi) is 3.62. The number of aromatic nitrogens is 2. The molecule has 0 aliphatic rings. The van der Waals surface area contributed by atoms with Crippen LogP contribution in [0.5, 0.6) is 5.75 Å². The predicted octanol–water partition coefficient (Wildman–Crippen LogP) is 3.76. The molecular weight excluding hydrogens is 334 g/mol. The number of para-hydroxylation sites is 1. The molecule has 0 amide bonds. The number of benzene rings is 2. The summed E-state index contributed by atoms with van der Waals surface area (Å²) >= 11 is 3.38. The fraction of sp³-hybridized carbons (Fsp3) is 0.0667. The van der Waals surface area contributed by atoms with Crippen molar-refractivity contribution in [1.82, 2.24) is 10.1 Å². The van der Waals surface area contributed by atoms with Gasteiger partial charge in [-0.05, 0) is 52.3 Å². The van der Waals surface area contributed by atoms with Gasteiger partial charge in [0.25, 0.3) is 5.89 Å². The molecule has 0 saturated carbocycles. The average molecular weight is 346 g/mol. The highest BCUT2D eigenvalue weighted by Gasteiger charge is 2.14. The highest BCUT2D eigenvalue weighted by atomic mass is 79.9. The van der Waals surface area contributed by atoms with Crippen molar-refractivity contribution in [3.05, 3.63) is 46.9 Å².